The number of carbonyl (C=O) groups excluding carboxylic acids is 1. The molecule has 18 heavy (non-hydrogen) atoms. The van der Waals surface area contributed by atoms with E-state index in [0.717, 1.165) is 0 Å². The van der Waals surface area contributed by atoms with Crippen molar-refractivity contribution in [2.45, 2.75) is 0 Å². The third kappa shape index (κ3) is 3.67. The first-order valence-corrected chi connectivity index (χ1v) is 5.98. The minimum absolute atomic E-state index is 0.247. The van der Waals surface area contributed by atoms with Gasteiger partial charge >= 0.3 is 0 Å². The van der Waals surface area contributed by atoms with E-state index in [0.29, 0.717) is 29.5 Å². The Balaban J connectivity index is 2.86. The van der Waals surface area contributed by atoms with Crippen LogP contribution in [0.4, 0.5) is 0 Å². The highest BCUT2D eigenvalue weighted by Gasteiger charge is 2.17. The van der Waals surface area contributed by atoms with E-state index in [-0.39, 0.29) is 5.91 Å². The molecule has 0 aromatic heterocycles. The number of hydrogen-bond donors (Lipinski definition) is 1. The largest absolute Gasteiger partial charge is 0.496 e. The second kappa shape index (κ2) is 7.61. The molecule has 0 saturated heterocycles. The molecule has 0 saturated carbocycles. The van der Waals surface area contributed by atoms with E-state index < -0.39 is 0 Å². The van der Waals surface area contributed by atoms with Crippen molar-refractivity contribution in [2.24, 2.45) is 0 Å². The minimum atomic E-state index is -0.247. The third-order valence-electron chi connectivity index (χ3n) is 2.29. The Morgan fingerprint density at radius 3 is 2.39 bits per heavy atom. The Labute approximate surface area is 112 Å². The minimum Gasteiger partial charge on any atom is -0.496 e. The van der Waals surface area contributed by atoms with Crippen molar-refractivity contribution in [2.75, 3.05) is 26.6 Å². The van der Waals surface area contributed by atoms with Gasteiger partial charge in [0, 0.05) is 12.4 Å². The van der Waals surface area contributed by atoms with Gasteiger partial charge in [0.15, 0.2) is 0 Å². The van der Waals surface area contributed by atoms with Gasteiger partial charge in [0.1, 0.15) is 17.1 Å². The highest BCUT2D eigenvalue weighted by molar-refractivity contribution is 6.18. The van der Waals surface area contributed by atoms with Gasteiger partial charge in [0.25, 0.3) is 5.91 Å². The zero-order valence-corrected chi connectivity index (χ0v) is 11.2. The highest BCUT2D eigenvalue weighted by atomic mass is 35.5. The van der Waals surface area contributed by atoms with Gasteiger partial charge in [-0.1, -0.05) is 18.2 Å². The van der Waals surface area contributed by atoms with E-state index >= 15 is 0 Å². The Morgan fingerprint density at radius 1 is 1.28 bits per heavy atom. The fourth-order valence-electron chi connectivity index (χ4n) is 1.46. The molecule has 0 aliphatic heterocycles. The lowest BCUT2D eigenvalue weighted by Crippen LogP contribution is -2.24. The maximum atomic E-state index is 12.0. The van der Waals surface area contributed by atoms with Crippen molar-refractivity contribution >= 4 is 17.5 Å². The van der Waals surface area contributed by atoms with Crippen LogP contribution >= 0.6 is 11.6 Å². The monoisotopic (exact) mass is 269 g/mol. The summed E-state index contributed by atoms with van der Waals surface area (Å²) in [5, 5.41) is 2.74. The normalized spacial score (nSPS) is 10.4. The molecule has 1 aromatic rings. The lowest BCUT2D eigenvalue weighted by molar-refractivity contribution is 0.0952. The van der Waals surface area contributed by atoms with Crippen LogP contribution in [0, 0.1) is 0 Å². The molecule has 1 aromatic carbocycles. The standard InChI is InChI=1S/C13H16ClNO3/c1-17-10-6-5-7-11(18-2)12(10)13(16)15-9-4-3-8-14/h3-7H,8-9H2,1-2H3,(H,15,16)/b4-3+. The first kappa shape index (κ1) is 14.4. The second-order valence-electron chi connectivity index (χ2n) is 3.37. The fraction of sp³-hybridized carbons (Fsp3) is 0.308. The molecule has 0 spiro atoms. The van der Waals surface area contributed by atoms with E-state index in [1.54, 1.807) is 30.4 Å². The molecule has 0 fully saturated rings. The first-order valence-electron chi connectivity index (χ1n) is 5.44. The number of rotatable bonds is 6. The van der Waals surface area contributed by atoms with Crippen molar-refractivity contribution in [3.8, 4) is 11.5 Å². The number of ether oxygens (including phenoxy) is 2. The summed E-state index contributed by atoms with van der Waals surface area (Å²) in [6, 6.07) is 5.19. The number of methoxy groups -OCH3 is 2. The van der Waals surface area contributed by atoms with E-state index in [9.17, 15) is 4.79 Å². The van der Waals surface area contributed by atoms with Gasteiger partial charge in [0.05, 0.1) is 14.2 Å². The molecule has 0 heterocycles. The Bertz CT molecular complexity index is 410. The first-order chi connectivity index (χ1) is 8.74. The third-order valence-corrected chi connectivity index (χ3v) is 2.47. The predicted molar refractivity (Wildman–Crippen MR) is 71.7 cm³/mol. The molecule has 0 aliphatic carbocycles. The van der Waals surface area contributed by atoms with Gasteiger partial charge in [-0.25, -0.2) is 0 Å². The number of benzene rings is 1. The van der Waals surface area contributed by atoms with E-state index in [1.807, 2.05) is 0 Å². The number of amides is 1. The van der Waals surface area contributed by atoms with Crippen LogP contribution in [-0.4, -0.2) is 32.6 Å². The van der Waals surface area contributed by atoms with Gasteiger partial charge in [-0.05, 0) is 12.1 Å². The topological polar surface area (TPSA) is 47.6 Å². The average molecular weight is 270 g/mol. The van der Waals surface area contributed by atoms with Crippen LogP contribution in [0.5, 0.6) is 11.5 Å². The maximum Gasteiger partial charge on any atom is 0.259 e. The van der Waals surface area contributed by atoms with Crippen LogP contribution in [0.25, 0.3) is 0 Å². The summed E-state index contributed by atoms with van der Waals surface area (Å²) in [5.41, 5.74) is 0.391. The number of carbonyl (C=O) groups is 1. The van der Waals surface area contributed by atoms with Gasteiger partial charge in [0.2, 0.25) is 0 Å². The summed E-state index contributed by atoms with van der Waals surface area (Å²) < 4.78 is 10.3. The quantitative estimate of drug-likeness (QED) is 0.636. The summed E-state index contributed by atoms with van der Waals surface area (Å²) in [6.07, 6.45) is 3.55. The van der Waals surface area contributed by atoms with Crippen molar-refractivity contribution in [1.29, 1.82) is 0 Å². The summed E-state index contributed by atoms with van der Waals surface area (Å²) in [4.78, 5) is 12.0. The van der Waals surface area contributed by atoms with Gasteiger partial charge < -0.3 is 14.8 Å². The Kier molecular flexibility index (Phi) is 6.08. The van der Waals surface area contributed by atoms with E-state index in [4.69, 9.17) is 21.1 Å². The van der Waals surface area contributed by atoms with Crippen LogP contribution < -0.4 is 14.8 Å². The molecule has 0 radical (unpaired) electrons. The number of allylic oxidation sites excluding steroid dienone is 1. The van der Waals surface area contributed by atoms with Crippen molar-refractivity contribution < 1.29 is 14.3 Å². The zero-order valence-electron chi connectivity index (χ0n) is 10.4. The molecule has 98 valence electrons. The van der Waals surface area contributed by atoms with Crippen LogP contribution in [0.3, 0.4) is 0 Å². The molecular weight excluding hydrogens is 254 g/mol. The zero-order chi connectivity index (χ0) is 13.4. The molecule has 5 heteroatoms. The molecule has 4 nitrogen and oxygen atoms in total. The molecule has 1 rings (SSSR count). The van der Waals surface area contributed by atoms with Crippen molar-refractivity contribution in [3.63, 3.8) is 0 Å². The van der Waals surface area contributed by atoms with Gasteiger partial charge in [-0.2, -0.15) is 0 Å². The van der Waals surface area contributed by atoms with Crippen molar-refractivity contribution in [1.82, 2.24) is 5.32 Å². The molecule has 0 unspecified atom stereocenters. The molecule has 1 amide bonds. The smallest absolute Gasteiger partial charge is 0.259 e. The van der Waals surface area contributed by atoms with Crippen LogP contribution in [-0.2, 0) is 0 Å². The predicted octanol–water partition coefficient (Wildman–Crippen LogP) is 2.23. The number of halogens is 1. The van der Waals surface area contributed by atoms with Crippen LogP contribution in [0.1, 0.15) is 10.4 Å². The summed E-state index contributed by atoms with van der Waals surface area (Å²) >= 11 is 5.49. The van der Waals surface area contributed by atoms with Gasteiger partial charge in [-0.15, -0.1) is 11.6 Å². The lowest BCUT2D eigenvalue weighted by Gasteiger charge is -2.12. The lowest BCUT2D eigenvalue weighted by atomic mass is 10.1. The molecule has 0 atom stereocenters. The van der Waals surface area contributed by atoms with Crippen molar-refractivity contribution in [3.05, 3.63) is 35.9 Å². The highest BCUT2D eigenvalue weighted by Crippen LogP contribution is 2.27. The Morgan fingerprint density at radius 2 is 1.89 bits per heavy atom. The number of alkyl halides is 1. The van der Waals surface area contributed by atoms with Crippen LogP contribution in [0.15, 0.2) is 30.4 Å². The fourth-order valence-corrected chi connectivity index (χ4v) is 1.59. The second-order valence-corrected chi connectivity index (χ2v) is 3.68. The molecule has 1 N–H and O–H groups in total. The van der Waals surface area contributed by atoms with E-state index in [1.165, 1.54) is 14.2 Å². The van der Waals surface area contributed by atoms with Crippen LogP contribution in [0.2, 0.25) is 0 Å². The number of nitrogens with one attached hydrogen (secondary N) is 1. The summed E-state index contributed by atoms with van der Waals surface area (Å²) in [7, 11) is 3.03. The summed E-state index contributed by atoms with van der Waals surface area (Å²) in [6.45, 7) is 0.409. The molecule has 0 aliphatic rings. The Hall–Kier alpha value is -1.68. The SMILES string of the molecule is COc1cccc(OC)c1C(=O)NC/C=C/CCl. The molecular formula is C13H16ClNO3. The average Bonchev–Trinajstić information content (AvgIpc) is 2.42. The number of hydrogen-bond acceptors (Lipinski definition) is 3. The summed E-state index contributed by atoms with van der Waals surface area (Å²) in [5.74, 6) is 1.14. The molecule has 0 bridgehead atoms. The maximum absolute atomic E-state index is 12.0. The van der Waals surface area contributed by atoms with E-state index in [2.05, 4.69) is 5.32 Å². The van der Waals surface area contributed by atoms with Gasteiger partial charge in [-0.3, -0.25) is 4.79 Å².